The van der Waals surface area contributed by atoms with Crippen LogP contribution in [0.15, 0.2) is 12.1 Å². The Morgan fingerprint density at radius 3 is 2.73 bits per heavy atom. The Morgan fingerprint density at radius 2 is 2.07 bits per heavy atom. The van der Waals surface area contributed by atoms with Gasteiger partial charge in [-0.05, 0) is 0 Å². The van der Waals surface area contributed by atoms with Crippen LogP contribution in [0.4, 0.5) is 8.78 Å². The Labute approximate surface area is 82.6 Å². The monoisotopic (exact) mass is 212 g/mol. The molecule has 1 aromatic heterocycles. The average Bonchev–Trinajstić information content (AvgIpc) is 2.46. The standard InChI is InChI=1S/C9H6F2N2O2/c10-4-1-6-7(2-5(4)11)13-8(12-6)3-9(14)15/h1-2H,3H2,(H,12,13)(H,14,15). The summed E-state index contributed by atoms with van der Waals surface area (Å²) in [5.41, 5.74) is 0.496. The fraction of sp³-hybridized carbons (Fsp3) is 0.111. The first-order chi connectivity index (χ1) is 7.06. The number of nitrogens with zero attached hydrogens (tertiary/aromatic N) is 1. The van der Waals surface area contributed by atoms with Gasteiger partial charge in [0.1, 0.15) is 12.2 Å². The lowest BCUT2D eigenvalue weighted by atomic mass is 10.3. The third kappa shape index (κ3) is 1.78. The zero-order chi connectivity index (χ0) is 11.0. The Morgan fingerprint density at radius 1 is 1.40 bits per heavy atom. The molecule has 2 aromatic rings. The van der Waals surface area contributed by atoms with Gasteiger partial charge >= 0.3 is 5.97 Å². The van der Waals surface area contributed by atoms with E-state index in [1.54, 1.807) is 0 Å². The van der Waals surface area contributed by atoms with Gasteiger partial charge in [0.05, 0.1) is 11.0 Å². The number of rotatable bonds is 2. The number of aromatic nitrogens is 2. The Bertz CT molecular complexity index is 497. The number of hydrogen-bond acceptors (Lipinski definition) is 2. The molecule has 0 aliphatic carbocycles. The molecule has 2 rings (SSSR count). The first-order valence-electron chi connectivity index (χ1n) is 4.11. The van der Waals surface area contributed by atoms with Crippen LogP contribution in [0.25, 0.3) is 11.0 Å². The van der Waals surface area contributed by atoms with Crippen LogP contribution in [-0.4, -0.2) is 21.0 Å². The highest BCUT2D eigenvalue weighted by Crippen LogP contribution is 2.16. The number of benzene rings is 1. The molecule has 0 atom stereocenters. The van der Waals surface area contributed by atoms with E-state index in [-0.39, 0.29) is 23.3 Å². The maximum Gasteiger partial charge on any atom is 0.311 e. The Kier molecular flexibility index (Phi) is 2.11. The summed E-state index contributed by atoms with van der Waals surface area (Å²) >= 11 is 0. The van der Waals surface area contributed by atoms with Crippen molar-refractivity contribution in [1.82, 2.24) is 9.97 Å². The lowest BCUT2D eigenvalue weighted by Gasteiger charge is -1.90. The fourth-order valence-corrected chi connectivity index (χ4v) is 1.28. The van der Waals surface area contributed by atoms with E-state index in [2.05, 4.69) is 9.97 Å². The molecule has 0 aliphatic heterocycles. The molecule has 0 amide bonds. The Hall–Kier alpha value is -1.98. The number of aliphatic carboxylic acids is 1. The molecule has 0 unspecified atom stereocenters. The van der Waals surface area contributed by atoms with Gasteiger partial charge in [0, 0.05) is 12.1 Å². The predicted octanol–water partition coefficient (Wildman–Crippen LogP) is 1.47. The molecule has 0 radical (unpaired) electrons. The zero-order valence-electron chi connectivity index (χ0n) is 7.42. The lowest BCUT2D eigenvalue weighted by Crippen LogP contribution is -2.01. The highest BCUT2D eigenvalue weighted by Gasteiger charge is 2.10. The number of halogens is 2. The summed E-state index contributed by atoms with van der Waals surface area (Å²) < 4.78 is 25.6. The van der Waals surface area contributed by atoms with E-state index in [1.165, 1.54) is 0 Å². The number of nitrogens with one attached hydrogen (secondary N) is 1. The second kappa shape index (κ2) is 3.30. The SMILES string of the molecule is O=C(O)Cc1nc2cc(F)c(F)cc2[nH]1. The molecule has 1 aromatic carbocycles. The average molecular weight is 212 g/mol. The molecule has 1 heterocycles. The van der Waals surface area contributed by atoms with Crippen molar-refractivity contribution in [3.05, 3.63) is 29.6 Å². The van der Waals surface area contributed by atoms with E-state index in [4.69, 9.17) is 5.11 Å². The summed E-state index contributed by atoms with van der Waals surface area (Å²) in [7, 11) is 0. The number of imidazole rings is 1. The first kappa shape index (κ1) is 9.57. The largest absolute Gasteiger partial charge is 0.481 e. The van der Waals surface area contributed by atoms with E-state index in [9.17, 15) is 13.6 Å². The van der Waals surface area contributed by atoms with Crippen molar-refractivity contribution in [2.24, 2.45) is 0 Å². The molecule has 6 heteroatoms. The van der Waals surface area contributed by atoms with Gasteiger partial charge in [-0.15, -0.1) is 0 Å². The van der Waals surface area contributed by atoms with E-state index >= 15 is 0 Å². The van der Waals surface area contributed by atoms with Crippen molar-refractivity contribution in [1.29, 1.82) is 0 Å². The van der Waals surface area contributed by atoms with E-state index < -0.39 is 17.6 Å². The van der Waals surface area contributed by atoms with Gasteiger partial charge in [-0.25, -0.2) is 13.8 Å². The number of H-pyrrole nitrogens is 1. The van der Waals surface area contributed by atoms with Crippen LogP contribution in [0.1, 0.15) is 5.82 Å². The van der Waals surface area contributed by atoms with Crippen molar-refractivity contribution >= 4 is 17.0 Å². The van der Waals surface area contributed by atoms with Gasteiger partial charge in [0.2, 0.25) is 0 Å². The summed E-state index contributed by atoms with van der Waals surface area (Å²) in [6.45, 7) is 0. The maximum absolute atomic E-state index is 12.8. The predicted molar refractivity (Wildman–Crippen MR) is 47.3 cm³/mol. The van der Waals surface area contributed by atoms with E-state index in [1.807, 2.05) is 0 Å². The number of carboxylic acid groups (broad SMARTS) is 1. The quantitative estimate of drug-likeness (QED) is 0.792. The minimum absolute atomic E-state index is 0.169. The number of hydrogen-bond donors (Lipinski definition) is 2. The molecule has 0 saturated carbocycles. The molecular formula is C9H6F2N2O2. The van der Waals surface area contributed by atoms with Crippen molar-refractivity contribution in [2.75, 3.05) is 0 Å². The molecular weight excluding hydrogens is 206 g/mol. The highest BCUT2D eigenvalue weighted by molar-refractivity contribution is 5.77. The van der Waals surface area contributed by atoms with Gasteiger partial charge in [-0.2, -0.15) is 0 Å². The zero-order valence-corrected chi connectivity index (χ0v) is 7.42. The number of fused-ring (bicyclic) bond motifs is 1. The van der Waals surface area contributed by atoms with Gasteiger partial charge in [0.25, 0.3) is 0 Å². The summed E-state index contributed by atoms with van der Waals surface area (Å²) in [5.74, 6) is -2.89. The number of carboxylic acids is 1. The summed E-state index contributed by atoms with van der Waals surface area (Å²) in [6.07, 6.45) is -0.308. The molecule has 4 nitrogen and oxygen atoms in total. The molecule has 0 bridgehead atoms. The second-order valence-electron chi connectivity index (χ2n) is 3.04. The highest BCUT2D eigenvalue weighted by atomic mass is 19.2. The third-order valence-corrected chi connectivity index (χ3v) is 1.89. The molecule has 0 fully saturated rings. The van der Waals surface area contributed by atoms with Crippen LogP contribution in [0, 0.1) is 11.6 Å². The molecule has 0 aliphatic rings. The summed E-state index contributed by atoms with van der Waals surface area (Å²) in [4.78, 5) is 16.8. The third-order valence-electron chi connectivity index (χ3n) is 1.89. The van der Waals surface area contributed by atoms with Crippen molar-refractivity contribution in [3.63, 3.8) is 0 Å². The molecule has 0 saturated heterocycles. The van der Waals surface area contributed by atoms with Crippen LogP contribution in [-0.2, 0) is 11.2 Å². The normalized spacial score (nSPS) is 10.8. The van der Waals surface area contributed by atoms with Crippen LogP contribution >= 0.6 is 0 Å². The molecule has 0 spiro atoms. The van der Waals surface area contributed by atoms with Gasteiger partial charge in [-0.3, -0.25) is 4.79 Å². The number of aromatic amines is 1. The van der Waals surface area contributed by atoms with Crippen molar-refractivity contribution < 1.29 is 18.7 Å². The van der Waals surface area contributed by atoms with Gasteiger partial charge in [-0.1, -0.05) is 0 Å². The van der Waals surface area contributed by atoms with Crippen LogP contribution in [0.3, 0.4) is 0 Å². The number of carbonyl (C=O) groups is 1. The van der Waals surface area contributed by atoms with Crippen LogP contribution in [0.5, 0.6) is 0 Å². The minimum atomic E-state index is -1.06. The van der Waals surface area contributed by atoms with E-state index in [0.29, 0.717) is 0 Å². The molecule has 15 heavy (non-hydrogen) atoms. The summed E-state index contributed by atoms with van der Waals surface area (Å²) in [6, 6.07) is 1.87. The topological polar surface area (TPSA) is 66.0 Å². The van der Waals surface area contributed by atoms with E-state index in [0.717, 1.165) is 12.1 Å². The first-order valence-corrected chi connectivity index (χ1v) is 4.11. The minimum Gasteiger partial charge on any atom is -0.481 e. The van der Waals surface area contributed by atoms with Crippen molar-refractivity contribution in [2.45, 2.75) is 6.42 Å². The molecule has 78 valence electrons. The Balaban J connectivity index is 2.51. The smallest absolute Gasteiger partial charge is 0.311 e. The van der Waals surface area contributed by atoms with Gasteiger partial charge in [0.15, 0.2) is 11.6 Å². The fourth-order valence-electron chi connectivity index (χ4n) is 1.28. The van der Waals surface area contributed by atoms with Crippen LogP contribution in [0.2, 0.25) is 0 Å². The molecule has 2 N–H and O–H groups in total. The maximum atomic E-state index is 12.8. The second-order valence-corrected chi connectivity index (χ2v) is 3.04. The van der Waals surface area contributed by atoms with Crippen LogP contribution < -0.4 is 0 Å². The van der Waals surface area contributed by atoms with Crippen molar-refractivity contribution in [3.8, 4) is 0 Å². The van der Waals surface area contributed by atoms with Gasteiger partial charge < -0.3 is 10.1 Å². The summed E-state index contributed by atoms with van der Waals surface area (Å²) in [5, 5.41) is 8.49. The lowest BCUT2D eigenvalue weighted by molar-refractivity contribution is -0.136.